The molecule has 0 aromatic heterocycles. The van der Waals surface area contributed by atoms with Crippen molar-refractivity contribution in [2.75, 3.05) is 0 Å². The summed E-state index contributed by atoms with van der Waals surface area (Å²) < 4.78 is 29.5. The summed E-state index contributed by atoms with van der Waals surface area (Å²) in [6.45, 7) is 7.82. The Labute approximate surface area is 130 Å². The van der Waals surface area contributed by atoms with Gasteiger partial charge in [-0.05, 0) is 51.0 Å². The van der Waals surface area contributed by atoms with Crippen molar-refractivity contribution in [3.05, 3.63) is 58.7 Å². The highest BCUT2D eigenvalue weighted by atomic mass is 32.3. The fourth-order valence-corrected chi connectivity index (χ4v) is 3.92. The first-order valence-electron chi connectivity index (χ1n) is 6.55. The van der Waals surface area contributed by atoms with Crippen molar-refractivity contribution in [1.29, 1.82) is 0 Å². The molecule has 0 unspecified atom stereocenters. The fraction of sp³-hybridized carbons (Fsp3) is 0.250. The first-order chi connectivity index (χ1) is 9.79. The van der Waals surface area contributed by atoms with E-state index >= 15 is 0 Å². The van der Waals surface area contributed by atoms with Crippen molar-refractivity contribution in [3.63, 3.8) is 0 Å². The van der Waals surface area contributed by atoms with Gasteiger partial charge in [-0.2, -0.15) is 12.0 Å². The highest BCUT2D eigenvalue weighted by molar-refractivity contribution is 8.04. The Morgan fingerprint density at radius 1 is 0.857 bits per heavy atom. The van der Waals surface area contributed by atoms with Gasteiger partial charge in [0, 0.05) is 4.90 Å². The minimum absolute atomic E-state index is 0.169. The van der Waals surface area contributed by atoms with Crippen LogP contribution in [0.3, 0.4) is 0 Å². The topological polar surface area (TPSA) is 43.4 Å². The quantitative estimate of drug-likeness (QED) is 0.786. The molecule has 2 aromatic carbocycles. The number of rotatable bonds is 4. The van der Waals surface area contributed by atoms with Crippen LogP contribution in [0.15, 0.2) is 46.2 Å². The Hall–Kier alpha value is -1.30. The lowest BCUT2D eigenvalue weighted by molar-refractivity contribution is 0.518. The van der Waals surface area contributed by atoms with Gasteiger partial charge in [0.2, 0.25) is 0 Å². The van der Waals surface area contributed by atoms with Gasteiger partial charge in [-0.3, -0.25) is 0 Å². The molecule has 0 spiro atoms. The first kappa shape index (κ1) is 16.1. The Kier molecular flexibility index (Phi) is 4.76. The molecule has 112 valence electrons. The van der Waals surface area contributed by atoms with E-state index in [0.717, 1.165) is 39.2 Å². The van der Waals surface area contributed by atoms with Gasteiger partial charge in [0.05, 0.1) is 16.9 Å². The smallest absolute Gasteiger partial charge is 0.193 e. The molecule has 0 N–H and O–H groups in total. The zero-order valence-corrected chi connectivity index (χ0v) is 14.1. The Morgan fingerprint density at radius 3 is 1.90 bits per heavy atom. The van der Waals surface area contributed by atoms with E-state index in [-0.39, 0.29) is 4.90 Å². The molecule has 2 rings (SSSR count). The van der Waals surface area contributed by atoms with E-state index in [4.69, 9.17) is 3.63 Å². The Morgan fingerprint density at radius 2 is 1.38 bits per heavy atom. The van der Waals surface area contributed by atoms with Crippen LogP contribution in [0.1, 0.15) is 22.3 Å². The van der Waals surface area contributed by atoms with Crippen LogP contribution in [-0.2, 0) is 13.7 Å². The van der Waals surface area contributed by atoms with Crippen molar-refractivity contribution in [2.45, 2.75) is 37.5 Å². The van der Waals surface area contributed by atoms with Crippen LogP contribution in [-0.4, -0.2) is 8.42 Å². The largest absolute Gasteiger partial charge is 0.308 e. The molecule has 0 aliphatic carbocycles. The van der Waals surface area contributed by atoms with Crippen LogP contribution in [0.4, 0.5) is 0 Å². The maximum atomic E-state index is 12.2. The maximum absolute atomic E-state index is 12.2. The zero-order valence-electron chi connectivity index (χ0n) is 12.5. The molecule has 0 heterocycles. The van der Waals surface area contributed by atoms with Crippen LogP contribution in [0.2, 0.25) is 0 Å². The van der Waals surface area contributed by atoms with E-state index < -0.39 is 10.1 Å². The van der Waals surface area contributed by atoms with Crippen LogP contribution >= 0.6 is 12.0 Å². The van der Waals surface area contributed by atoms with E-state index in [1.54, 1.807) is 24.3 Å². The monoisotopic (exact) mass is 322 g/mol. The molecule has 5 heteroatoms. The van der Waals surface area contributed by atoms with Gasteiger partial charge in [0.1, 0.15) is 0 Å². The minimum Gasteiger partial charge on any atom is -0.193 e. The second kappa shape index (κ2) is 6.22. The molecule has 0 aliphatic heterocycles. The van der Waals surface area contributed by atoms with Gasteiger partial charge in [-0.1, -0.05) is 35.4 Å². The lowest BCUT2D eigenvalue weighted by Gasteiger charge is -2.10. The van der Waals surface area contributed by atoms with Gasteiger partial charge in [-0.15, -0.1) is 0 Å². The van der Waals surface area contributed by atoms with Gasteiger partial charge < -0.3 is 0 Å². The third kappa shape index (κ3) is 3.87. The number of benzene rings is 2. The molecule has 3 nitrogen and oxygen atoms in total. The summed E-state index contributed by atoms with van der Waals surface area (Å²) in [7, 11) is -3.76. The average molecular weight is 322 g/mol. The fourth-order valence-electron chi connectivity index (χ4n) is 2.12. The van der Waals surface area contributed by atoms with Gasteiger partial charge >= 0.3 is 10.1 Å². The summed E-state index contributed by atoms with van der Waals surface area (Å²) >= 11 is 0.900. The third-order valence-electron chi connectivity index (χ3n) is 3.12. The molecule has 0 saturated heterocycles. The number of hydrogen-bond donors (Lipinski definition) is 0. The third-order valence-corrected chi connectivity index (χ3v) is 5.77. The summed E-state index contributed by atoms with van der Waals surface area (Å²) in [4.78, 5) is 1.01. The Balaban J connectivity index is 2.21. The normalized spacial score (nSPS) is 11.6. The highest BCUT2D eigenvalue weighted by Gasteiger charge is 2.17. The van der Waals surface area contributed by atoms with Crippen LogP contribution in [0, 0.1) is 27.7 Å². The molecule has 0 aliphatic rings. The van der Waals surface area contributed by atoms with Crippen molar-refractivity contribution >= 4 is 22.2 Å². The van der Waals surface area contributed by atoms with Crippen LogP contribution in [0.25, 0.3) is 0 Å². The summed E-state index contributed by atoms with van der Waals surface area (Å²) in [5.41, 5.74) is 4.18. The number of hydrogen-bond acceptors (Lipinski definition) is 4. The lowest BCUT2D eigenvalue weighted by atomic mass is 10.1. The lowest BCUT2D eigenvalue weighted by Crippen LogP contribution is -2.02. The summed E-state index contributed by atoms with van der Waals surface area (Å²) in [5, 5.41) is 0. The first-order valence-corrected chi connectivity index (χ1v) is 8.70. The molecular weight excluding hydrogens is 304 g/mol. The minimum atomic E-state index is -3.76. The molecule has 0 atom stereocenters. The van der Waals surface area contributed by atoms with Crippen LogP contribution < -0.4 is 0 Å². The summed E-state index contributed by atoms with van der Waals surface area (Å²) in [5.74, 6) is 0. The molecule has 0 saturated carbocycles. The molecule has 0 amide bonds. The molecule has 21 heavy (non-hydrogen) atoms. The van der Waals surface area contributed by atoms with E-state index in [2.05, 4.69) is 0 Å². The second-order valence-electron chi connectivity index (χ2n) is 5.15. The zero-order chi connectivity index (χ0) is 15.6. The molecule has 0 bridgehead atoms. The second-order valence-corrected chi connectivity index (χ2v) is 7.65. The van der Waals surface area contributed by atoms with E-state index in [9.17, 15) is 8.42 Å². The van der Waals surface area contributed by atoms with E-state index in [0.29, 0.717) is 0 Å². The molecule has 0 fully saturated rings. The van der Waals surface area contributed by atoms with Gasteiger partial charge in [0.25, 0.3) is 0 Å². The standard InChI is InChI=1S/C16H18O3S2/c1-11-5-7-15(8-6-11)21(17,18)19-20-16-13(3)9-12(2)10-14(16)4/h5-10H,1-4H3. The van der Waals surface area contributed by atoms with Gasteiger partial charge in [0.15, 0.2) is 0 Å². The Bertz CT molecular complexity index is 725. The van der Waals surface area contributed by atoms with Crippen molar-refractivity contribution in [1.82, 2.24) is 0 Å². The van der Waals surface area contributed by atoms with E-state index in [1.165, 1.54) is 0 Å². The maximum Gasteiger partial charge on any atom is 0.308 e. The molecule has 2 aromatic rings. The van der Waals surface area contributed by atoms with E-state index in [1.807, 2.05) is 39.8 Å². The van der Waals surface area contributed by atoms with Crippen molar-refractivity contribution < 1.29 is 12.0 Å². The van der Waals surface area contributed by atoms with Crippen LogP contribution in [0.5, 0.6) is 0 Å². The average Bonchev–Trinajstić information content (AvgIpc) is 2.37. The van der Waals surface area contributed by atoms with Crippen molar-refractivity contribution in [2.24, 2.45) is 0 Å². The highest BCUT2D eigenvalue weighted by Crippen LogP contribution is 2.31. The predicted molar refractivity (Wildman–Crippen MR) is 86.0 cm³/mol. The predicted octanol–water partition coefficient (Wildman–Crippen LogP) is 4.33. The SMILES string of the molecule is Cc1ccc(S(=O)(=O)OSc2c(C)cc(C)cc2C)cc1. The summed E-state index contributed by atoms with van der Waals surface area (Å²) in [6.07, 6.45) is 0. The summed E-state index contributed by atoms with van der Waals surface area (Å²) in [6, 6.07) is 10.6. The molecular formula is C16H18O3S2. The number of aryl methyl sites for hydroxylation is 4. The molecule has 0 radical (unpaired) electrons. The van der Waals surface area contributed by atoms with Gasteiger partial charge in [-0.25, -0.2) is 0 Å². The van der Waals surface area contributed by atoms with Crippen molar-refractivity contribution in [3.8, 4) is 0 Å².